The Kier molecular flexibility index (Phi) is 5.63. The first-order valence-electron chi connectivity index (χ1n) is 11.6. The number of carbonyl (C=O) groups excluding carboxylic acids is 1. The maximum atomic E-state index is 13.3. The van der Waals surface area contributed by atoms with Crippen molar-refractivity contribution in [1.29, 1.82) is 0 Å². The Morgan fingerprint density at radius 2 is 1.90 bits per heavy atom. The number of hydrogen-bond donors (Lipinski definition) is 0. The van der Waals surface area contributed by atoms with E-state index in [2.05, 4.69) is 69.9 Å². The summed E-state index contributed by atoms with van der Waals surface area (Å²) in [6.45, 7) is 3.84. The van der Waals surface area contributed by atoms with Gasteiger partial charge in [-0.3, -0.25) is 4.79 Å². The molecule has 0 spiro atoms. The highest BCUT2D eigenvalue weighted by Crippen LogP contribution is 2.38. The number of carbonyl (C=O) groups is 1. The summed E-state index contributed by atoms with van der Waals surface area (Å²) in [5, 5.41) is 0. The summed E-state index contributed by atoms with van der Waals surface area (Å²) in [6.07, 6.45) is 10.1. The van der Waals surface area contributed by atoms with Crippen molar-refractivity contribution in [3.63, 3.8) is 0 Å². The average molecular weight is 414 g/mol. The molecule has 1 aliphatic carbocycles. The van der Waals surface area contributed by atoms with Crippen molar-refractivity contribution in [2.75, 3.05) is 6.54 Å². The monoisotopic (exact) mass is 413 g/mol. The lowest BCUT2D eigenvalue weighted by molar-refractivity contribution is -0.133. The van der Waals surface area contributed by atoms with Gasteiger partial charge in [0, 0.05) is 30.9 Å². The molecule has 0 unspecified atom stereocenters. The van der Waals surface area contributed by atoms with Crippen molar-refractivity contribution >= 4 is 5.91 Å². The number of aromatic nitrogens is 2. The van der Waals surface area contributed by atoms with Crippen molar-refractivity contribution in [2.24, 2.45) is 5.92 Å². The molecule has 1 aromatic heterocycles. The Labute approximate surface area is 184 Å². The second-order valence-corrected chi connectivity index (χ2v) is 9.16. The quantitative estimate of drug-likeness (QED) is 0.564. The third-order valence-electron chi connectivity index (χ3n) is 7.09. The Bertz CT molecular complexity index is 1050. The van der Waals surface area contributed by atoms with Gasteiger partial charge in [0.1, 0.15) is 0 Å². The molecule has 0 saturated carbocycles. The SMILES string of the molecule is Cc1ccc(Cn2cncc2CC[C@H]2CCN([C@@H]3CCCc4ccccc43)C2=O)cc1. The van der Waals surface area contributed by atoms with Crippen LogP contribution < -0.4 is 0 Å². The van der Waals surface area contributed by atoms with E-state index in [-0.39, 0.29) is 12.0 Å². The molecule has 5 rings (SSSR count). The van der Waals surface area contributed by atoms with Crippen LogP contribution in [-0.4, -0.2) is 26.9 Å². The van der Waals surface area contributed by atoms with Gasteiger partial charge in [-0.1, -0.05) is 54.1 Å². The number of fused-ring (bicyclic) bond motifs is 1. The van der Waals surface area contributed by atoms with Crippen LogP contribution in [0.15, 0.2) is 61.1 Å². The van der Waals surface area contributed by atoms with E-state index < -0.39 is 0 Å². The fourth-order valence-corrected chi connectivity index (χ4v) is 5.30. The highest BCUT2D eigenvalue weighted by molar-refractivity contribution is 5.81. The van der Waals surface area contributed by atoms with Crippen LogP contribution in [-0.2, 0) is 24.2 Å². The smallest absolute Gasteiger partial charge is 0.226 e. The second-order valence-electron chi connectivity index (χ2n) is 9.16. The van der Waals surface area contributed by atoms with Crippen LogP contribution in [0.1, 0.15) is 59.7 Å². The van der Waals surface area contributed by atoms with Gasteiger partial charge in [0.25, 0.3) is 0 Å². The lowest BCUT2D eigenvalue weighted by atomic mass is 9.87. The Hall–Kier alpha value is -2.88. The van der Waals surface area contributed by atoms with Crippen molar-refractivity contribution in [2.45, 2.75) is 58.0 Å². The maximum Gasteiger partial charge on any atom is 0.226 e. The zero-order chi connectivity index (χ0) is 21.2. The largest absolute Gasteiger partial charge is 0.335 e. The molecule has 2 aromatic carbocycles. The molecule has 3 aromatic rings. The van der Waals surface area contributed by atoms with Crippen LogP contribution in [0.5, 0.6) is 0 Å². The summed E-state index contributed by atoms with van der Waals surface area (Å²) in [7, 11) is 0. The third kappa shape index (κ3) is 4.16. The molecule has 160 valence electrons. The maximum absolute atomic E-state index is 13.3. The van der Waals surface area contributed by atoms with E-state index in [4.69, 9.17) is 0 Å². The normalized spacial score (nSPS) is 20.8. The lowest BCUT2D eigenvalue weighted by Crippen LogP contribution is -2.34. The standard InChI is InChI=1S/C27H31N3O/c1-20-9-11-21(12-10-20)18-29-19-28-17-24(29)14-13-23-15-16-30(27(23)31)26-8-4-6-22-5-2-3-7-25(22)26/h2-3,5,7,9-12,17,19,23,26H,4,6,8,13-16,18H2,1H3/t23-,26+/m0/s1. The summed E-state index contributed by atoms with van der Waals surface area (Å²) in [5.41, 5.74) is 6.58. The van der Waals surface area contributed by atoms with E-state index in [0.717, 1.165) is 45.2 Å². The van der Waals surface area contributed by atoms with E-state index in [1.165, 1.54) is 34.4 Å². The third-order valence-corrected chi connectivity index (χ3v) is 7.09. The van der Waals surface area contributed by atoms with Gasteiger partial charge in [0.2, 0.25) is 5.91 Å². The minimum absolute atomic E-state index is 0.136. The van der Waals surface area contributed by atoms with Crippen LogP contribution >= 0.6 is 0 Å². The highest BCUT2D eigenvalue weighted by atomic mass is 16.2. The predicted octanol–water partition coefficient (Wildman–Crippen LogP) is 5.10. The summed E-state index contributed by atoms with van der Waals surface area (Å²) in [6, 6.07) is 17.6. The molecule has 0 radical (unpaired) electrons. The molecule has 0 bridgehead atoms. The van der Waals surface area contributed by atoms with Crippen LogP contribution in [0, 0.1) is 12.8 Å². The van der Waals surface area contributed by atoms with E-state index >= 15 is 0 Å². The first kappa shape index (κ1) is 20.0. The fraction of sp³-hybridized carbons (Fsp3) is 0.407. The van der Waals surface area contributed by atoms with E-state index in [1.807, 2.05) is 12.5 Å². The van der Waals surface area contributed by atoms with E-state index in [0.29, 0.717) is 5.91 Å². The van der Waals surface area contributed by atoms with Gasteiger partial charge in [-0.05, 0) is 62.1 Å². The number of benzene rings is 2. The van der Waals surface area contributed by atoms with Gasteiger partial charge in [0.15, 0.2) is 0 Å². The van der Waals surface area contributed by atoms with Crippen LogP contribution in [0.2, 0.25) is 0 Å². The van der Waals surface area contributed by atoms with Crippen molar-refractivity contribution in [1.82, 2.24) is 14.5 Å². The minimum Gasteiger partial charge on any atom is -0.335 e. The number of hydrogen-bond acceptors (Lipinski definition) is 2. The van der Waals surface area contributed by atoms with Gasteiger partial charge in [-0.2, -0.15) is 0 Å². The molecule has 1 aliphatic heterocycles. The van der Waals surface area contributed by atoms with E-state index in [9.17, 15) is 4.79 Å². The molecule has 2 heterocycles. The summed E-state index contributed by atoms with van der Waals surface area (Å²) < 4.78 is 2.22. The summed E-state index contributed by atoms with van der Waals surface area (Å²) in [5.74, 6) is 0.489. The van der Waals surface area contributed by atoms with Crippen molar-refractivity contribution < 1.29 is 4.79 Å². The van der Waals surface area contributed by atoms with Crippen LogP contribution in [0.3, 0.4) is 0 Å². The number of amides is 1. The Morgan fingerprint density at radius 1 is 1.06 bits per heavy atom. The molecule has 1 saturated heterocycles. The molecule has 31 heavy (non-hydrogen) atoms. The second kappa shape index (κ2) is 8.70. The van der Waals surface area contributed by atoms with Gasteiger partial charge in [0.05, 0.1) is 12.4 Å². The number of rotatable bonds is 6. The molecule has 0 N–H and O–H groups in total. The van der Waals surface area contributed by atoms with Crippen molar-refractivity contribution in [3.8, 4) is 0 Å². The summed E-state index contributed by atoms with van der Waals surface area (Å²) in [4.78, 5) is 19.8. The number of likely N-dealkylation sites (tertiary alicyclic amines) is 1. The minimum atomic E-state index is 0.136. The molecule has 2 atom stereocenters. The molecule has 4 nitrogen and oxygen atoms in total. The fourth-order valence-electron chi connectivity index (χ4n) is 5.30. The first-order valence-corrected chi connectivity index (χ1v) is 11.6. The predicted molar refractivity (Wildman–Crippen MR) is 123 cm³/mol. The summed E-state index contributed by atoms with van der Waals surface area (Å²) >= 11 is 0. The Balaban J connectivity index is 1.23. The van der Waals surface area contributed by atoms with Gasteiger partial charge in [-0.15, -0.1) is 0 Å². The molecule has 4 heteroatoms. The van der Waals surface area contributed by atoms with Gasteiger partial charge < -0.3 is 9.47 Å². The molecule has 1 fully saturated rings. The highest BCUT2D eigenvalue weighted by Gasteiger charge is 2.37. The van der Waals surface area contributed by atoms with Gasteiger partial charge >= 0.3 is 0 Å². The first-order chi connectivity index (χ1) is 15.2. The topological polar surface area (TPSA) is 38.1 Å². The zero-order valence-corrected chi connectivity index (χ0v) is 18.3. The van der Waals surface area contributed by atoms with Crippen LogP contribution in [0.4, 0.5) is 0 Å². The van der Waals surface area contributed by atoms with E-state index in [1.54, 1.807) is 0 Å². The molecule has 1 amide bonds. The molecular formula is C27H31N3O. The molecule has 2 aliphatic rings. The lowest BCUT2D eigenvalue weighted by Gasteiger charge is -2.33. The number of nitrogens with zero attached hydrogens (tertiary/aromatic N) is 3. The van der Waals surface area contributed by atoms with Crippen molar-refractivity contribution in [3.05, 3.63) is 89.0 Å². The zero-order valence-electron chi connectivity index (χ0n) is 18.3. The Morgan fingerprint density at radius 3 is 2.77 bits per heavy atom. The van der Waals surface area contributed by atoms with Gasteiger partial charge in [-0.25, -0.2) is 4.98 Å². The average Bonchev–Trinajstić information content (AvgIpc) is 3.39. The van der Waals surface area contributed by atoms with Crippen LogP contribution in [0.25, 0.3) is 0 Å². The number of aryl methyl sites for hydroxylation is 3. The molecular weight excluding hydrogens is 382 g/mol. The number of imidazole rings is 1.